The van der Waals surface area contributed by atoms with Crippen LogP contribution in [0, 0.1) is 0 Å². The molecule has 0 atom stereocenters. The van der Waals surface area contributed by atoms with Gasteiger partial charge < -0.3 is 13.4 Å². The van der Waals surface area contributed by atoms with Crippen molar-refractivity contribution in [3.05, 3.63) is 187 Å². The molecule has 6 nitrogen and oxygen atoms in total. The molecular weight excluding hydrogens is 701 g/mol. The summed E-state index contributed by atoms with van der Waals surface area (Å²) in [5, 5.41) is 5.52. The van der Waals surface area contributed by atoms with E-state index in [0.29, 0.717) is 17.5 Å². The van der Waals surface area contributed by atoms with Gasteiger partial charge in [0.25, 0.3) is 0 Å². The fourth-order valence-electron chi connectivity index (χ4n) is 8.75. The highest BCUT2D eigenvalue weighted by atomic mass is 16.3. The standard InChI is InChI=1S/C51H32N4O2/c1-3-14-31(15-4-1)33-28-29-35-34-18-7-9-24-41(34)55(43(35)30-33)42-25-12-21-38-46-39(22-13-27-45(46)57-48(38)42)50-52-49(32-16-5-2-6-17-32)53-51(54-50)40-23-11-20-37-36-19-8-10-26-44(36)56-47(37)40/h1-12,14-26,28-30H,13,27H2. The van der Waals surface area contributed by atoms with Crippen molar-refractivity contribution in [1.29, 1.82) is 0 Å². The molecule has 0 bridgehead atoms. The first-order valence-corrected chi connectivity index (χ1v) is 19.3. The highest BCUT2D eigenvalue weighted by Gasteiger charge is 2.28. The topological polar surface area (TPSA) is 69.9 Å². The van der Waals surface area contributed by atoms with Gasteiger partial charge in [0.05, 0.1) is 22.3 Å². The summed E-state index contributed by atoms with van der Waals surface area (Å²) in [7, 11) is 0. The summed E-state index contributed by atoms with van der Waals surface area (Å²) >= 11 is 0. The van der Waals surface area contributed by atoms with Crippen LogP contribution in [-0.4, -0.2) is 19.5 Å². The van der Waals surface area contributed by atoms with E-state index in [1.807, 2.05) is 60.7 Å². The van der Waals surface area contributed by atoms with Crippen molar-refractivity contribution in [2.24, 2.45) is 0 Å². The Kier molecular flexibility index (Phi) is 6.95. The number of aryl methyl sites for hydroxylation is 1. The Balaban J connectivity index is 1.07. The van der Waals surface area contributed by atoms with Crippen LogP contribution in [0.1, 0.15) is 23.6 Å². The minimum absolute atomic E-state index is 0.560. The second-order valence-corrected chi connectivity index (χ2v) is 14.6. The molecule has 1 aliphatic carbocycles. The van der Waals surface area contributed by atoms with Gasteiger partial charge in [-0.15, -0.1) is 0 Å². The Hall–Kier alpha value is -7.57. The van der Waals surface area contributed by atoms with Crippen LogP contribution in [0.4, 0.5) is 0 Å². The number of para-hydroxylation sites is 4. The maximum atomic E-state index is 6.98. The van der Waals surface area contributed by atoms with Gasteiger partial charge in [0.15, 0.2) is 23.1 Å². The molecule has 0 aliphatic heterocycles. The second-order valence-electron chi connectivity index (χ2n) is 14.6. The number of aromatic nitrogens is 4. The number of furan rings is 2. The molecule has 0 amide bonds. The van der Waals surface area contributed by atoms with E-state index in [0.717, 1.165) is 90.5 Å². The van der Waals surface area contributed by atoms with Crippen LogP contribution in [0.15, 0.2) is 179 Å². The average molecular weight is 733 g/mol. The van der Waals surface area contributed by atoms with E-state index in [4.69, 9.17) is 23.8 Å². The largest absolute Gasteiger partial charge is 0.458 e. The average Bonchev–Trinajstić information content (AvgIpc) is 3.96. The molecule has 0 saturated carbocycles. The normalized spacial score (nSPS) is 12.9. The molecule has 268 valence electrons. The molecule has 6 heteroatoms. The summed E-state index contributed by atoms with van der Waals surface area (Å²) < 4.78 is 15.8. The first-order valence-electron chi connectivity index (χ1n) is 19.3. The molecule has 12 rings (SSSR count). The molecule has 0 fully saturated rings. The molecule has 4 aromatic heterocycles. The van der Waals surface area contributed by atoms with E-state index in [1.165, 1.54) is 21.9 Å². The quantitative estimate of drug-likeness (QED) is 0.176. The third kappa shape index (κ3) is 4.94. The predicted molar refractivity (Wildman–Crippen MR) is 229 cm³/mol. The van der Waals surface area contributed by atoms with E-state index in [1.54, 1.807) is 0 Å². The third-order valence-corrected chi connectivity index (χ3v) is 11.3. The Morgan fingerprint density at radius 2 is 1.14 bits per heavy atom. The van der Waals surface area contributed by atoms with Crippen molar-refractivity contribution in [3.63, 3.8) is 0 Å². The molecule has 7 aromatic carbocycles. The SMILES string of the molecule is C1=C(c2nc(-c3ccccc3)nc(-c3cccc4c3oc3ccccc34)n2)c2c(oc3c(-n4c5ccccc5c5ccc(-c6ccccc6)cc54)cccc23)CC1. The summed E-state index contributed by atoms with van der Waals surface area (Å²) in [5.74, 6) is 2.70. The first kappa shape index (κ1) is 31.7. The Morgan fingerprint density at radius 1 is 0.456 bits per heavy atom. The van der Waals surface area contributed by atoms with Crippen molar-refractivity contribution < 1.29 is 8.83 Å². The van der Waals surface area contributed by atoms with Crippen LogP contribution in [-0.2, 0) is 6.42 Å². The van der Waals surface area contributed by atoms with Crippen molar-refractivity contribution in [3.8, 4) is 39.6 Å². The molecular formula is C51H32N4O2. The predicted octanol–water partition coefficient (Wildman–Crippen LogP) is 13.0. The van der Waals surface area contributed by atoms with Gasteiger partial charge in [0.1, 0.15) is 16.9 Å². The van der Waals surface area contributed by atoms with Gasteiger partial charge in [-0.05, 0) is 47.9 Å². The lowest BCUT2D eigenvalue weighted by molar-refractivity contribution is 0.544. The van der Waals surface area contributed by atoms with Crippen LogP contribution < -0.4 is 0 Å². The molecule has 0 saturated heterocycles. The van der Waals surface area contributed by atoms with Crippen LogP contribution in [0.3, 0.4) is 0 Å². The minimum Gasteiger partial charge on any atom is -0.458 e. The molecule has 11 aromatic rings. The van der Waals surface area contributed by atoms with Crippen LogP contribution in [0.25, 0.3) is 99.9 Å². The van der Waals surface area contributed by atoms with Gasteiger partial charge in [0, 0.05) is 50.1 Å². The lowest BCUT2D eigenvalue weighted by atomic mass is 9.93. The Labute approximate surface area is 327 Å². The van der Waals surface area contributed by atoms with E-state index in [9.17, 15) is 0 Å². The van der Waals surface area contributed by atoms with Crippen molar-refractivity contribution >= 4 is 60.3 Å². The molecule has 0 spiro atoms. The fraction of sp³-hybridized carbons (Fsp3) is 0.0392. The first-order chi connectivity index (χ1) is 28.3. The number of hydrogen-bond acceptors (Lipinski definition) is 5. The summed E-state index contributed by atoms with van der Waals surface area (Å²) in [6, 6.07) is 56.9. The molecule has 0 unspecified atom stereocenters. The number of nitrogens with zero attached hydrogens (tertiary/aromatic N) is 4. The van der Waals surface area contributed by atoms with Gasteiger partial charge in [0.2, 0.25) is 0 Å². The van der Waals surface area contributed by atoms with E-state index < -0.39 is 0 Å². The zero-order valence-corrected chi connectivity index (χ0v) is 30.7. The summed E-state index contributed by atoms with van der Waals surface area (Å²) in [6.45, 7) is 0. The van der Waals surface area contributed by atoms with Gasteiger partial charge >= 0.3 is 0 Å². The third-order valence-electron chi connectivity index (χ3n) is 11.3. The monoisotopic (exact) mass is 732 g/mol. The lowest BCUT2D eigenvalue weighted by Gasteiger charge is -2.14. The number of fused-ring (bicyclic) bond motifs is 9. The maximum absolute atomic E-state index is 6.98. The lowest BCUT2D eigenvalue weighted by Crippen LogP contribution is -2.06. The maximum Gasteiger partial charge on any atom is 0.167 e. The van der Waals surface area contributed by atoms with Crippen molar-refractivity contribution in [2.75, 3.05) is 0 Å². The van der Waals surface area contributed by atoms with E-state index in [2.05, 4.69) is 114 Å². The minimum atomic E-state index is 0.560. The van der Waals surface area contributed by atoms with E-state index >= 15 is 0 Å². The molecule has 1 aliphatic rings. The summed E-state index contributed by atoms with van der Waals surface area (Å²) in [4.78, 5) is 15.5. The highest BCUT2D eigenvalue weighted by molar-refractivity contribution is 6.12. The summed E-state index contributed by atoms with van der Waals surface area (Å²) in [5.41, 5.74) is 11.7. The van der Waals surface area contributed by atoms with Crippen LogP contribution in [0.5, 0.6) is 0 Å². The zero-order chi connectivity index (χ0) is 37.5. The number of benzene rings is 7. The fourth-order valence-corrected chi connectivity index (χ4v) is 8.75. The van der Waals surface area contributed by atoms with Crippen molar-refractivity contribution in [2.45, 2.75) is 12.8 Å². The number of allylic oxidation sites excluding steroid dienone is 1. The van der Waals surface area contributed by atoms with Gasteiger partial charge in [-0.1, -0.05) is 140 Å². The molecule has 0 N–H and O–H groups in total. The molecule has 57 heavy (non-hydrogen) atoms. The van der Waals surface area contributed by atoms with Gasteiger partial charge in [-0.3, -0.25) is 0 Å². The molecule has 0 radical (unpaired) electrons. The Morgan fingerprint density at radius 3 is 2.02 bits per heavy atom. The summed E-state index contributed by atoms with van der Waals surface area (Å²) in [6.07, 6.45) is 3.83. The zero-order valence-electron chi connectivity index (χ0n) is 30.7. The molecule has 4 heterocycles. The van der Waals surface area contributed by atoms with Gasteiger partial charge in [-0.2, -0.15) is 0 Å². The smallest absolute Gasteiger partial charge is 0.167 e. The highest BCUT2D eigenvalue weighted by Crippen LogP contribution is 2.43. The van der Waals surface area contributed by atoms with Crippen LogP contribution >= 0.6 is 0 Å². The van der Waals surface area contributed by atoms with Crippen molar-refractivity contribution in [1.82, 2.24) is 19.5 Å². The Bertz CT molecular complexity index is 3410. The second kappa shape index (κ2) is 12.5. The van der Waals surface area contributed by atoms with E-state index in [-0.39, 0.29) is 0 Å². The number of hydrogen-bond donors (Lipinski definition) is 0. The van der Waals surface area contributed by atoms with Crippen LogP contribution in [0.2, 0.25) is 0 Å². The van der Waals surface area contributed by atoms with Gasteiger partial charge in [-0.25, -0.2) is 15.0 Å². The number of rotatable bonds is 5.